The van der Waals surface area contributed by atoms with Crippen molar-refractivity contribution in [1.82, 2.24) is 10.2 Å². The normalized spacial score (nSPS) is 17.0. The molecule has 1 saturated heterocycles. The maximum atomic E-state index is 13.6. The summed E-state index contributed by atoms with van der Waals surface area (Å²) in [5.74, 6) is 0.212. The van der Waals surface area contributed by atoms with Gasteiger partial charge in [0, 0.05) is 13.1 Å². The molecule has 1 atom stereocenters. The monoisotopic (exact) mass is 330 g/mol. The molecule has 1 amide bonds. The van der Waals surface area contributed by atoms with Crippen LogP contribution >= 0.6 is 12.4 Å². The molecule has 1 aromatic rings. The van der Waals surface area contributed by atoms with Gasteiger partial charge in [-0.2, -0.15) is 0 Å². The molecule has 0 saturated carbocycles. The molecule has 1 aromatic carbocycles. The minimum absolute atomic E-state index is 0. The number of aliphatic hydroxyl groups excluding tert-OH is 1. The number of rotatable bonds is 5. The average Bonchev–Trinajstić information content (AvgIpc) is 2.51. The van der Waals surface area contributed by atoms with Crippen LogP contribution in [0.4, 0.5) is 4.39 Å². The summed E-state index contributed by atoms with van der Waals surface area (Å²) < 4.78 is 13.6. The number of halogens is 2. The highest BCUT2D eigenvalue weighted by atomic mass is 35.5. The van der Waals surface area contributed by atoms with Crippen LogP contribution in [0.1, 0.15) is 18.4 Å². The second-order valence-electron chi connectivity index (χ2n) is 5.59. The lowest BCUT2D eigenvalue weighted by Crippen LogP contribution is -2.50. The van der Waals surface area contributed by atoms with E-state index in [-0.39, 0.29) is 30.7 Å². The highest BCUT2D eigenvalue weighted by Gasteiger charge is 2.27. The van der Waals surface area contributed by atoms with Crippen molar-refractivity contribution < 1.29 is 14.3 Å². The minimum Gasteiger partial charge on any atom is -0.394 e. The second kappa shape index (κ2) is 9.08. The van der Waals surface area contributed by atoms with Crippen LogP contribution in [0.25, 0.3) is 0 Å². The fraction of sp³-hybridized carbons (Fsp3) is 0.562. The van der Waals surface area contributed by atoms with Crippen LogP contribution in [0.5, 0.6) is 0 Å². The number of nitrogens with one attached hydrogen (secondary N) is 1. The number of nitrogens with zero attached hydrogens (tertiary/aromatic N) is 1. The van der Waals surface area contributed by atoms with Crippen molar-refractivity contribution in [2.75, 3.05) is 26.7 Å². The van der Waals surface area contributed by atoms with Gasteiger partial charge in [0.05, 0.1) is 6.61 Å². The molecule has 2 rings (SSSR count). The molecule has 1 heterocycles. The van der Waals surface area contributed by atoms with E-state index in [4.69, 9.17) is 5.11 Å². The van der Waals surface area contributed by atoms with Crippen molar-refractivity contribution in [1.29, 1.82) is 0 Å². The SMILES string of the molecule is CN[C@@H](CO)C(=O)N1CCC(Cc2ccccc2F)CC1.Cl. The number of hydrogen-bond donors (Lipinski definition) is 2. The van der Waals surface area contributed by atoms with Gasteiger partial charge in [-0.15, -0.1) is 12.4 Å². The van der Waals surface area contributed by atoms with Gasteiger partial charge in [0.2, 0.25) is 5.91 Å². The first-order valence-electron chi connectivity index (χ1n) is 7.46. The summed E-state index contributed by atoms with van der Waals surface area (Å²) in [7, 11) is 1.67. The first-order valence-corrected chi connectivity index (χ1v) is 7.46. The van der Waals surface area contributed by atoms with Gasteiger partial charge < -0.3 is 15.3 Å². The molecule has 0 bridgehead atoms. The van der Waals surface area contributed by atoms with Crippen molar-refractivity contribution in [2.45, 2.75) is 25.3 Å². The van der Waals surface area contributed by atoms with Crippen LogP contribution in [-0.2, 0) is 11.2 Å². The van der Waals surface area contributed by atoms with E-state index in [9.17, 15) is 9.18 Å². The zero-order chi connectivity index (χ0) is 15.2. The topological polar surface area (TPSA) is 52.6 Å². The standard InChI is InChI=1S/C16H23FN2O2.ClH/c1-18-15(11-20)16(21)19-8-6-12(7-9-19)10-13-4-2-3-5-14(13)17;/h2-5,12,15,18,20H,6-11H2,1H3;1H/t15-;/m0./s1. The van der Waals surface area contributed by atoms with Crippen LogP contribution < -0.4 is 5.32 Å². The lowest BCUT2D eigenvalue weighted by atomic mass is 9.90. The quantitative estimate of drug-likeness (QED) is 0.862. The molecular formula is C16H24ClFN2O2. The van der Waals surface area contributed by atoms with Gasteiger partial charge in [-0.25, -0.2) is 4.39 Å². The molecule has 0 unspecified atom stereocenters. The molecular weight excluding hydrogens is 307 g/mol. The Bertz CT molecular complexity index is 475. The van der Waals surface area contributed by atoms with Crippen molar-refractivity contribution >= 4 is 18.3 Å². The van der Waals surface area contributed by atoms with E-state index in [0.29, 0.717) is 19.0 Å². The molecule has 6 heteroatoms. The lowest BCUT2D eigenvalue weighted by Gasteiger charge is -2.34. The van der Waals surface area contributed by atoms with Gasteiger partial charge in [-0.3, -0.25) is 4.79 Å². The Morgan fingerprint density at radius 3 is 2.59 bits per heavy atom. The maximum absolute atomic E-state index is 13.6. The number of likely N-dealkylation sites (tertiary alicyclic amines) is 1. The van der Waals surface area contributed by atoms with Gasteiger partial charge in [0.15, 0.2) is 0 Å². The van der Waals surface area contributed by atoms with E-state index in [2.05, 4.69) is 5.32 Å². The average molecular weight is 331 g/mol. The third kappa shape index (κ3) is 4.66. The Kier molecular flexibility index (Phi) is 7.79. The Morgan fingerprint density at radius 2 is 2.05 bits per heavy atom. The number of likely N-dealkylation sites (N-methyl/N-ethyl adjacent to an activating group) is 1. The number of carbonyl (C=O) groups excluding carboxylic acids is 1. The molecule has 1 fully saturated rings. The van der Waals surface area contributed by atoms with E-state index in [0.717, 1.165) is 24.8 Å². The zero-order valence-corrected chi connectivity index (χ0v) is 13.6. The molecule has 0 radical (unpaired) electrons. The van der Waals surface area contributed by atoms with Gasteiger partial charge >= 0.3 is 0 Å². The maximum Gasteiger partial charge on any atom is 0.242 e. The highest BCUT2D eigenvalue weighted by molar-refractivity contribution is 5.85. The number of carbonyl (C=O) groups is 1. The van der Waals surface area contributed by atoms with Gasteiger partial charge in [0.1, 0.15) is 11.9 Å². The van der Waals surface area contributed by atoms with Crippen LogP contribution in [0.2, 0.25) is 0 Å². The minimum atomic E-state index is -0.520. The number of amides is 1. The largest absolute Gasteiger partial charge is 0.394 e. The van der Waals surface area contributed by atoms with E-state index in [1.165, 1.54) is 6.07 Å². The van der Waals surface area contributed by atoms with E-state index in [1.807, 2.05) is 12.1 Å². The molecule has 0 aliphatic carbocycles. The predicted octanol–water partition coefficient (Wildman–Crippen LogP) is 1.61. The Balaban J connectivity index is 0.00000242. The second-order valence-corrected chi connectivity index (χ2v) is 5.59. The fourth-order valence-electron chi connectivity index (χ4n) is 2.85. The Morgan fingerprint density at radius 1 is 1.41 bits per heavy atom. The zero-order valence-electron chi connectivity index (χ0n) is 12.8. The summed E-state index contributed by atoms with van der Waals surface area (Å²) in [6.07, 6.45) is 2.48. The summed E-state index contributed by atoms with van der Waals surface area (Å²) >= 11 is 0. The van der Waals surface area contributed by atoms with E-state index < -0.39 is 6.04 Å². The lowest BCUT2D eigenvalue weighted by molar-refractivity contribution is -0.135. The number of piperidine rings is 1. The van der Waals surface area contributed by atoms with Crippen LogP contribution in [0.3, 0.4) is 0 Å². The summed E-state index contributed by atoms with van der Waals surface area (Å²) in [6, 6.07) is 6.36. The number of aliphatic hydroxyl groups is 1. The fourth-order valence-corrected chi connectivity index (χ4v) is 2.85. The first-order chi connectivity index (χ1) is 10.2. The van der Waals surface area contributed by atoms with E-state index >= 15 is 0 Å². The molecule has 2 N–H and O–H groups in total. The molecule has 4 nitrogen and oxygen atoms in total. The molecule has 1 aliphatic heterocycles. The molecule has 0 spiro atoms. The summed E-state index contributed by atoms with van der Waals surface area (Å²) in [5, 5.41) is 12.0. The van der Waals surface area contributed by atoms with Gasteiger partial charge in [0.25, 0.3) is 0 Å². The van der Waals surface area contributed by atoms with Crippen molar-refractivity contribution in [3.05, 3.63) is 35.6 Å². The van der Waals surface area contributed by atoms with Gasteiger partial charge in [-0.1, -0.05) is 18.2 Å². The third-order valence-corrected chi connectivity index (χ3v) is 4.22. The van der Waals surface area contributed by atoms with Gasteiger partial charge in [-0.05, 0) is 43.9 Å². The predicted molar refractivity (Wildman–Crippen MR) is 86.6 cm³/mol. The van der Waals surface area contributed by atoms with Crippen molar-refractivity contribution in [3.8, 4) is 0 Å². The van der Waals surface area contributed by atoms with Crippen LogP contribution in [0.15, 0.2) is 24.3 Å². The number of benzene rings is 1. The van der Waals surface area contributed by atoms with Crippen molar-refractivity contribution in [3.63, 3.8) is 0 Å². The summed E-state index contributed by atoms with van der Waals surface area (Å²) in [6.45, 7) is 1.16. The summed E-state index contributed by atoms with van der Waals surface area (Å²) in [4.78, 5) is 13.9. The third-order valence-electron chi connectivity index (χ3n) is 4.22. The molecule has 22 heavy (non-hydrogen) atoms. The van der Waals surface area contributed by atoms with Crippen LogP contribution in [0, 0.1) is 11.7 Å². The smallest absolute Gasteiger partial charge is 0.242 e. The van der Waals surface area contributed by atoms with Crippen LogP contribution in [-0.4, -0.2) is 48.7 Å². The molecule has 124 valence electrons. The Hall–Kier alpha value is -1.17. The Labute approximate surface area is 137 Å². The first kappa shape index (κ1) is 18.9. The van der Waals surface area contributed by atoms with Crippen molar-refractivity contribution in [2.24, 2.45) is 5.92 Å². The molecule has 1 aliphatic rings. The summed E-state index contributed by atoms with van der Waals surface area (Å²) in [5.41, 5.74) is 0.755. The van der Waals surface area contributed by atoms with E-state index in [1.54, 1.807) is 18.0 Å². The number of hydrogen-bond acceptors (Lipinski definition) is 3. The highest BCUT2D eigenvalue weighted by Crippen LogP contribution is 2.23. The molecule has 0 aromatic heterocycles.